The third kappa shape index (κ3) is 4.35. The summed E-state index contributed by atoms with van der Waals surface area (Å²) >= 11 is 0. The third-order valence-electron chi connectivity index (χ3n) is 3.73. The smallest absolute Gasteiger partial charge is 0.219 e. The van der Waals surface area contributed by atoms with Crippen molar-refractivity contribution in [2.45, 2.75) is 52.4 Å². The van der Waals surface area contributed by atoms with Crippen LogP contribution in [0.4, 0.5) is 0 Å². The van der Waals surface area contributed by atoms with Crippen molar-refractivity contribution in [3.8, 4) is 0 Å². The van der Waals surface area contributed by atoms with Crippen LogP contribution in [0.1, 0.15) is 50.7 Å². The summed E-state index contributed by atoms with van der Waals surface area (Å²) in [5, 5.41) is 4.14. The van der Waals surface area contributed by atoms with Crippen molar-refractivity contribution in [3.63, 3.8) is 0 Å². The van der Waals surface area contributed by atoms with Gasteiger partial charge in [0.1, 0.15) is 5.58 Å². The van der Waals surface area contributed by atoms with Gasteiger partial charge in [0, 0.05) is 18.4 Å². The van der Waals surface area contributed by atoms with Crippen molar-refractivity contribution in [1.29, 1.82) is 0 Å². The van der Waals surface area contributed by atoms with Crippen LogP contribution >= 0.6 is 0 Å². The van der Waals surface area contributed by atoms with E-state index in [4.69, 9.17) is 4.42 Å². The molecule has 3 heteroatoms. The first-order valence-corrected chi connectivity index (χ1v) is 8.00. The van der Waals surface area contributed by atoms with Gasteiger partial charge < -0.3 is 9.73 Å². The van der Waals surface area contributed by atoms with Crippen molar-refractivity contribution >= 4 is 16.9 Å². The first kappa shape index (κ1) is 15.6. The van der Waals surface area contributed by atoms with Gasteiger partial charge in [0.05, 0.1) is 6.26 Å². The molecule has 1 amide bonds. The average molecular weight is 287 g/mol. The Morgan fingerprint density at radius 1 is 1.19 bits per heavy atom. The van der Waals surface area contributed by atoms with Gasteiger partial charge in [-0.3, -0.25) is 4.79 Å². The SMILES string of the molecule is CCCCc1ccc2occ(CCNC(=O)CCC)c2c1. The summed E-state index contributed by atoms with van der Waals surface area (Å²) in [6.07, 6.45) is 7.67. The summed E-state index contributed by atoms with van der Waals surface area (Å²) in [6.45, 7) is 4.90. The third-order valence-corrected chi connectivity index (χ3v) is 3.73. The van der Waals surface area contributed by atoms with E-state index in [0.29, 0.717) is 13.0 Å². The minimum atomic E-state index is 0.133. The maximum absolute atomic E-state index is 11.5. The minimum Gasteiger partial charge on any atom is -0.464 e. The van der Waals surface area contributed by atoms with E-state index in [-0.39, 0.29) is 5.91 Å². The zero-order valence-electron chi connectivity index (χ0n) is 13.1. The van der Waals surface area contributed by atoms with Crippen LogP contribution in [0.15, 0.2) is 28.9 Å². The van der Waals surface area contributed by atoms with Crippen LogP contribution in [-0.4, -0.2) is 12.5 Å². The van der Waals surface area contributed by atoms with E-state index in [1.165, 1.54) is 29.4 Å². The Kier molecular flexibility index (Phi) is 5.85. The number of nitrogens with one attached hydrogen (secondary N) is 1. The number of aryl methyl sites for hydroxylation is 1. The van der Waals surface area contributed by atoms with Crippen molar-refractivity contribution in [1.82, 2.24) is 5.32 Å². The van der Waals surface area contributed by atoms with Gasteiger partial charge in [0.15, 0.2) is 0 Å². The van der Waals surface area contributed by atoms with Gasteiger partial charge in [0.2, 0.25) is 5.91 Å². The van der Waals surface area contributed by atoms with Gasteiger partial charge in [-0.15, -0.1) is 0 Å². The molecule has 0 aliphatic carbocycles. The molecule has 3 nitrogen and oxygen atoms in total. The topological polar surface area (TPSA) is 42.2 Å². The number of furan rings is 1. The molecular weight excluding hydrogens is 262 g/mol. The average Bonchev–Trinajstić information content (AvgIpc) is 2.88. The molecule has 0 aliphatic heterocycles. The Bertz CT molecular complexity index is 586. The van der Waals surface area contributed by atoms with Gasteiger partial charge in [-0.05, 0) is 48.9 Å². The largest absolute Gasteiger partial charge is 0.464 e. The van der Waals surface area contributed by atoms with Crippen LogP contribution in [-0.2, 0) is 17.6 Å². The lowest BCUT2D eigenvalue weighted by Gasteiger charge is -2.04. The molecule has 1 N–H and O–H groups in total. The molecule has 0 aliphatic rings. The van der Waals surface area contributed by atoms with E-state index in [2.05, 4.69) is 30.4 Å². The Hall–Kier alpha value is -1.77. The van der Waals surface area contributed by atoms with Crippen LogP contribution in [0.5, 0.6) is 0 Å². The monoisotopic (exact) mass is 287 g/mol. The highest BCUT2D eigenvalue weighted by Gasteiger charge is 2.07. The number of rotatable bonds is 8. The van der Waals surface area contributed by atoms with Crippen LogP contribution in [0.25, 0.3) is 11.0 Å². The molecule has 0 unspecified atom stereocenters. The number of amides is 1. The molecule has 21 heavy (non-hydrogen) atoms. The van der Waals surface area contributed by atoms with Gasteiger partial charge in [0.25, 0.3) is 0 Å². The zero-order chi connectivity index (χ0) is 15.1. The lowest BCUT2D eigenvalue weighted by Crippen LogP contribution is -2.25. The minimum absolute atomic E-state index is 0.133. The van der Waals surface area contributed by atoms with Gasteiger partial charge in [-0.1, -0.05) is 26.3 Å². The number of hydrogen-bond donors (Lipinski definition) is 1. The lowest BCUT2D eigenvalue weighted by molar-refractivity contribution is -0.121. The molecular formula is C18H25NO2. The summed E-state index contributed by atoms with van der Waals surface area (Å²) in [5.74, 6) is 0.133. The van der Waals surface area contributed by atoms with E-state index < -0.39 is 0 Å². The quantitative estimate of drug-likeness (QED) is 0.789. The Balaban J connectivity index is 2.00. The summed E-state index contributed by atoms with van der Waals surface area (Å²) in [4.78, 5) is 11.5. The van der Waals surface area contributed by atoms with Gasteiger partial charge in [-0.2, -0.15) is 0 Å². The van der Waals surface area contributed by atoms with Gasteiger partial charge in [-0.25, -0.2) is 0 Å². The second-order valence-corrected chi connectivity index (χ2v) is 5.54. The fourth-order valence-corrected chi connectivity index (χ4v) is 2.51. The molecule has 0 saturated heterocycles. The molecule has 0 fully saturated rings. The van der Waals surface area contributed by atoms with E-state index in [0.717, 1.165) is 24.8 Å². The van der Waals surface area contributed by atoms with E-state index >= 15 is 0 Å². The Labute approximate surface area is 126 Å². The fourth-order valence-electron chi connectivity index (χ4n) is 2.51. The molecule has 0 radical (unpaired) electrons. The zero-order valence-corrected chi connectivity index (χ0v) is 13.1. The van der Waals surface area contributed by atoms with Crippen LogP contribution in [0.2, 0.25) is 0 Å². The molecule has 1 aromatic carbocycles. The van der Waals surface area contributed by atoms with Crippen LogP contribution in [0.3, 0.4) is 0 Å². The van der Waals surface area contributed by atoms with E-state index in [1.54, 1.807) is 0 Å². The molecule has 0 saturated carbocycles. The highest BCUT2D eigenvalue weighted by atomic mass is 16.3. The second-order valence-electron chi connectivity index (χ2n) is 5.54. The number of carbonyl (C=O) groups is 1. The fraction of sp³-hybridized carbons (Fsp3) is 0.500. The number of hydrogen-bond acceptors (Lipinski definition) is 2. The number of carbonyl (C=O) groups excluding carboxylic acids is 1. The molecule has 2 rings (SSSR count). The lowest BCUT2D eigenvalue weighted by atomic mass is 10.0. The molecule has 0 bridgehead atoms. The van der Waals surface area contributed by atoms with Crippen LogP contribution < -0.4 is 5.32 Å². The molecule has 0 spiro atoms. The van der Waals surface area contributed by atoms with Crippen LogP contribution in [0, 0.1) is 0 Å². The van der Waals surface area contributed by atoms with Gasteiger partial charge >= 0.3 is 0 Å². The molecule has 114 valence electrons. The van der Waals surface area contributed by atoms with Crippen molar-refractivity contribution in [3.05, 3.63) is 35.6 Å². The predicted molar refractivity (Wildman–Crippen MR) is 86.4 cm³/mol. The predicted octanol–water partition coefficient (Wildman–Crippen LogP) is 4.23. The Morgan fingerprint density at radius 2 is 2.05 bits per heavy atom. The molecule has 2 aromatic rings. The number of benzene rings is 1. The van der Waals surface area contributed by atoms with Crippen molar-refractivity contribution in [2.24, 2.45) is 0 Å². The van der Waals surface area contributed by atoms with E-state index in [1.807, 2.05) is 13.2 Å². The summed E-state index contributed by atoms with van der Waals surface area (Å²) in [5.41, 5.74) is 3.48. The number of unbranched alkanes of at least 4 members (excludes halogenated alkanes) is 1. The van der Waals surface area contributed by atoms with E-state index in [9.17, 15) is 4.79 Å². The maximum Gasteiger partial charge on any atom is 0.219 e. The summed E-state index contributed by atoms with van der Waals surface area (Å²) in [6, 6.07) is 6.44. The van der Waals surface area contributed by atoms with Crippen molar-refractivity contribution in [2.75, 3.05) is 6.54 Å². The molecule has 1 heterocycles. The second kappa shape index (κ2) is 7.87. The highest BCUT2D eigenvalue weighted by molar-refractivity contribution is 5.82. The summed E-state index contributed by atoms with van der Waals surface area (Å²) < 4.78 is 5.60. The van der Waals surface area contributed by atoms with Crippen molar-refractivity contribution < 1.29 is 9.21 Å². The highest BCUT2D eigenvalue weighted by Crippen LogP contribution is 2.23. The maximum atomic E-state index is 11.5. The molecule has 0 atom stereocenters. The standard InChI is InChI=1S/C18H25NO2/c1-3-5-7-14-8-9-17-16(12-14)15(13-21-17)10-11-19-18(20)6-4-2/h8-9,12-13H,3-7,10-11H2,1-2H3,(H,19,20). The Morgan fingerprint density at radius 3 is 2.81 bits per heavy atom. The summed E-state index contributed by atoms with van der Waals surface area (Å²) in [7, 11) is 0. The number of fused-ring (bicyclic) bond motifs is 1. The first-order chi connectivity index (χ1) is 10.2. The first-order valence-electron chi connectivity index (χ1n) is 8.00. The molecule has 1 aromatic heterocycles. The normalized spacial score (nSPS) is 11.0.